The first-order valence-electron chi connectivity index (χ1n) is 4.24. The Labute approximate surface area is 103 Å². The highest BCUT2D eigenvalue weighted by atomic mass is 79.9. The number of halogens is 2. The van der Waals surface area contributed by atoms with Crippen LogP contribution in [0, 0.1) is 0 Å². The van der Waals surface area contributed by atoms with Gasteiger partial charge in [0.2, 0.25) is 0 Å². The lowest BCUT2D eigenvalue weighted by Crippen LogP contribution is -2.30. The summed E-state index contributed by atoms with van der Waals surface area (Å²) >= 11 is 6.43. The third-order valence-corrected chi connectivity index (χ3v) is 3.80. The van der Waals surface area contributed by atoms with Crippen LogP contribution >= 0.6 is 31.9 Å². The molecule has 0 unspecified atom stereocenters. The molecule has 0 saturated heterocycles. The smallest absolute Gasteiger partial charge is 0.288 e. The average molecular weight is 333 g/mol. The molecule has 2 heterocycles. The molecule has 78 valence electrons. The Morgan fingerprint density at radius 3 is 2.93 bits per heavy atom. The van der Waals surface area contributed by atoms with Crippen molar-refractivity contribution in [1.82, 2.24) is 15.1 Å². The summed E-state index contributed by atoms with van der Waals surface area (Å²) in [4.78, 5) is 11.8. The van der Waals surface area contributed by atoms with E-state index in [2.05, 4.69) is 42.3 Å². The second-order valence-electron chi connectivity index (χ2n) is 2.88. The van der Waals surface area contributed by atoms with Crippen molar-refractivity contribution >= 4 is 37.7 Å². The van der Waals surface area contributed by atoms with Crippen molar-refractivity contribution in [2.24, 2.45) is 0 Å². The number of hydrogen-bond donors (Lipinski definition) is 1. The minimum Gasteiger partial charge on any atom is -0.366 e. The molecule has 6 heteroatoms. The maximum absolute atomic E-state index is 11.8. The molecule has 1 aromatic heterocycles. The zero-order valence-corrected chi connectivity index (χ0v) is 10.7. The van der Waals surface area contributed by atoms with Crippen molar-refractivity contribution in [2.45, 2.75) is 0 Å². The Morgan fingerprint density at radius 1 is 1.47 bits per heavy atom. The maximum atomic E-state index is 11.8. The van der Waals surface area contributed by atoms with Gasteiger partial charge in [-0.3, -0.25) is 4.79 Å². The van der Waals surface area contributed by atoms with Gasteiger partial charge in [0.25, 0.3) is 5.56 Å². The zero-order valence-electron chi connectivity index (χ0n) is 7.58. The van der Waals surface area contributed by atoms with Crippen molar-refractivity contribution in [2.75, 3.05) is 6.54 Å². The fraction of sp³-hybridized carbons (Fsp3) is 0.111. The van der Waals surface area contributed by atoms with E-state index in [0.29, 0.717) is 21.3 Å². The van der Waals surface area contributed by atoms with Crippen LogP contribution in [0.4, 0.5) is 0 Å². The number of aromatic nitrogens is 2. The molecule has 15 heavy (non-hydrogen) atoms. The van der Waals surface area contributed by atoms with Gasteiger partial charge < -0.3 is 5.32 Å². The van der Waals surface area contributed by atoms with Crippen LogP contribution in [0.3, 0.4) is 0 Å². The molecule has 1 aliphatic heterocycles. The van der Waals surface area contributed by atoms with Crippen molar-refractivity contribution in [1.29, 1.82) is 0 Å². The molecule has 0 amide bonds. The Balaban J connectivity index is 2.54. The first-order chi connectivity index (χ1) is 7.20. The summed E-state index contributed by atoms with van der Waals surface area (Å²) in [5.74, 6) is 0.677. The van der Waals surface area contributed by atoms with Gasteiger partial charge in [0.15, 0.2) is 0 Å². The quantitative estimate of drug-likeness (QED) is 0.852. The van der Waals surface area contributed by atoms with Gasteiger partial charge in [-0.2, -0.15) is 9.78 Å². The van der Waals surface area contributed by atoms with Gasteiger partial charge >= 0.3 is 0 Å². The molecule has 4 nitrogen and oxygen atoms in total. The van der Waals surface area contributed by atoms with E-state index >= 15 is 0 Å². The summed E-state index contributed by atoms with van der Waals surface area (Å²) in [5, 5.41) is 7.09. The number of dihydropyridines is 1. The summed E-state index contributed by atoms with van der Waals surface area (Å²) in [7, 11) is 0. The van der Waals surface area contributed by atoms with Crippen LogP contribution in [0.1, 0.15) is 0 Å². The molecular weight excluding hydrogens is 326 g/mol. The Hall–Kier alpha value is -0.880. The van der Waals surface area contributed by atoms with Gasteiger partial charge in [0.1, 0.15) is 10.3 Å². The standard InChI is InChI=1S/C9H7Br2N3O/c10-6-5-13-14(9(15)8(6)11)7-3-1-2-4-12-7/h1-3,5,12H,4H2. The van der Waals surface area contributed by atoms with E-state index in [1.165, 1.54) is 4.68 Å². The number of hydrogen-bond acceptors (Lipinski definition) is 3. The molecule has 0 atom stereocenters. The van der Waals surface area contributed by atoms with E-state index in [-0.39, 0.29) is 5.56 Å². The van der Waals surface area contributed by atoms with Crippen molar-refractivity contribution in [3.63, 3.8) is 0 Å². The molecule has 0 radical (unpaired) electrons. The van der Waals surface area contributed by atoms with E-state index < -0.39 is 0 Å². The number of nitrogens with one attached hydrogen (secondary N) is 1. The first-order valence-corrected chi connectivity index (χ1v) is 5.83. The summed E-state index contributed by atoms with van der Waals surface area (Å²) < 4.78 is 2.43. The van der Waals surface area contributed by atoms with Crippen molar-refractivity contribution < 1.29 is 0 Å². The summed E-state index contributed by atoms with van der Waals surface area (Å²) in [6.45, 7) is 0.702. The van der Waals surface area contributed by atoms with Gasteiger partial charge in [-0.05, 0) is 37.9 Å². The summed E-state index contributed by atoms with van der Waals surface area (Å²) in [6, 6.07) is 0. The van der Waals surface area contributed by atoms with Crippen LogP contribution in [0.25, 0.3) is 5.82 Å². The Kier molecular flexibility index (Phi) is 3.06. The Bertz CT molecular complexity index is 505. The van der Waals surface area contributed by atoms with Gasteiger partial charge in [0.05, 0.1) is 10.7 Å². The highest BCUT2D eigenvalue weighted by Crippen LogP contribution is 2.17. The minimum absolute atomic E-state index is 0.196. The molecule has 0 aliphatic carbocycles. The van der Waals surface area contributed by atoms with E-state index in [0.717, 1.165) is 0 Å². The molecule has 1 aliphatic rings. The molecular formula is C9H7Br2N3O. The van der Waals surface area contributed by atoms with Crippen LogP contribution in [-0.4, -0.2) is 16.3 Å². The van der Waals surface area contributed by atoms with Gasteiger partial charge in [0, 0.05) is 6.54 Å². The number of allylic oxidation sites excluding steroid dienone is 2. The van der Waals surface area contributed by atoms with Crippen LogP contribution in [0.2, 0.25) is 0 Å². The van der Waals surface area contributed by atoms with Crippen LogP contribution in [-0.2, 0) is 0 Å². The molecule has 0 spiro atoms. The highest BCUT2D eigenvalue weighted by Gasteiger charge is 2.10. The van der Waals surface area contributed by atoms with Crippen LogP contribution in [0.5, 0.6) is 0 Å². The molecule has 0 fully saturated rings. The average Bonchev–Trinajstić information content (AvgIpc) is 2.27. The van der Waals surface area contributed by atoms with E-state index in [1.807, 2.05) is 12.2 Å². The predicted molar refractivity (Wildman–Crippen MR) is 65.3 cm³/mol. The van der Waals surface area contributed by atoms with Crippen LogP contribution < -0.4 is 10.9 Å². The largest absolute Gasteiger partial charge is 0.366 e. The Morgan fingerprint density at radius 2 is 2.27 bits per heavy atom. The molecule has 2 rings (SSSR count). The molecule has 1 aromatic rings. The third-order valence-electron chi connectivity index (χ3n) is 1.90. The van der Waals surface area contributed by atoms with Gasteiger partial charge in [-0.15, -0.1) is 0 Å². The molecule has 0 bridgehead atoms. The summed E-state index contributed by atoms with van der Waals surface area (Å²) in [5.41, 5.74) is -0.196. The summed E-state index contributed by atoms with van der Waals surface area (Å²) in [6.07, 6.45) is 7.23. The number of rotatable bonds is 1. The fourth-order valence-corrected chi connectivity index (χ4v) is 1.71. The molecule has 0 aromatic carbocycles. The third kappa shape index (κ3) is 2.05. The second kappa shape index (κ2) is 4.32. The van der Waals surface area contributed by atoms with Gasteiger partial charge in [-0.25, -0.2) is 0 Å². The number of nitrogens with zero attached hydrogens (tertiary/aromatic N) is 2. The van der Waals surface area contributed by atoms with E-state index in [9.17, 15) is 4.79 Å². The second-order valence-corrected chi connectivity index (χ2v) is 4.53. The first kappa shape index (κ1) is 10.6. The fourth-order valence-electron chi connectivity index (χ4n) is 1.18. The van der Waals surface area contributed by atoms with E-state index in [4.69, 9.17) is 0 Å². The van der Waals surface area contributed by atoms with E-state index in [1.54, 1.807) is 12.3 Å². The lowest BCUT2D eigenvalue weighted by molar-refractivity contribution is 0.751. The van der Waals surface area contributed by atoms with Crippen molar-refractivity contribution in [3.8, 4) is 0 Å². The zero-order chi connectivity index (χ0) is 10.8. The maximum Gasteiger partial charge on any atom is 0.288 e. The lowest BCUT2D eigenvalue weighted by atomic mass is 10.3. The monoisotopic (exact) mass is 331 g/mol. The van der Waals surface area contributed by atoms with Gasteiger partial charge in [-0.1, -0.05) is 12.2 Å². The SMILES string of the molecule is O=c1c(Br)c(Br)cnn1C1=CC=CCN1. The molecule has 0 saturated carbocycles. The topological polar surface area (TPSA) is 46.9 Å². The lowest BCUT2D eigenvalue weighted by Gasteiger charge is -2.13. The highest BCUT2D eigenvalue weighted by molar-refractivity contribution is 9.13. The van der Waals surface area contributed by atoms with Crippen molar-refractivity contribution in [3.05, 3.63) is 43.7 Å². The molecule has 1 N–H and O–H groups in total. The normalized spacial score (nSPS) is 14.7. The predicted octanol–water partition coefficient (Wildman–Crippen LogP) is 1.73. The van der Waals surface area contributed by atoms with Crippen LogP contribution in [0.15, 0.2) is 38.2 Å². The minimum atomic E-state index is -0.196.